The Balaban J connectivity index is 1.23. The summed E-state index contributed by atoms with van der Waals surface area (Å²) in [5.41, 5.74) is 13.1. The maximum absolute atomic E-state index is 14.7. The van der Waals surface area contributed by atoms with Crippen molar-refractivity contribution in [2.75, 3.05) is 32.0 Å². The third kappa shape index (κ3) is 4.62. The topological polar surface area (TPSA) is 122 Å². The number of pyridine rings is 2. The highest BCUT2D eigenvalue weighted by Gasteiger charge is 2.18. The zero-order valence-electron chi connectivity index (χ0n) is 21.7. The molecule has 9 nitrogen and oxygen atoms in total. The summed E-state index contributed by atoms with van der Waals surface area (Å²) in [6, 6.07) is 16.2. The van der Waals surface area contributed by atoms with Crippen molar-refractivity contribution >= 4 is 27.8 Å². The van der Waals surface area contributed by atoms with Crippen LogP contribution in [0.1, 0.15) is 12.8 Å². The summed E-state index contributed by atoms with van der Waals surface area (Å²) in [5.74, 6) is 0.711. The lowest BCUT2D eigenvalue weighted by atomic mass is 10.0. The number of hydrogen-bond acceptors (Lipinski definition) is 7. The molecule has 2 aromatic carbocycles. The molecule has 0 radical (unpaired) electrons. The monoisotopic (exact) mass is 534 g/mol. The number of rotatable bonds is 7. The van der Waals surface area contributed by atoms with Crippen molar-refractivity contribution in [2.45, 2.75) is 12.8 Å². The van der Waals surface area contributed by atoms with E-state index in [1.807, 2.05) is 42.5 Å². The predicted molar refractivity (Wildman–Crippen MR) is 153 cm³/mol. The molecule has 0 bridgehead atoms. The Kier molecular flexibility index (Phi) is 6.09. The molecule has 10 heteroatoms. The van der Waals surface area contributed by atoms with Gasteiger partial charge in [0.05, 0.1) is 27.9 Å². The van der Waals surface area contributed by atoms with Crippen molar-refractivity contribution < 1.29 is 9.13 Å². The lowest BCUT2D eigenvalue weighted by Gasteiger charge is -2.15. The molecule has 0 atom stereocenters. The quantitative estimate of drug-likeness (QED) is 0.250. The van der Waals surface area contributed by atoms with Crippen LogP contribution in [0.3, 0.4) is 0 Å². The molecule has 4 N–H and O–H groups in total. The van der Waals surface area contributed by atoms with Crippen molar-refractivity contribution in [3.63, 3.8) is 0 Å². The number of nitrogens with two attached hydrogens (primary N) is 1. The SMILES string of the molecule is Nc1cncc(-c2ccc3[nH]nc(-c4nc5c(-c6cc(F)cc(OCCN7CCCC7)c6)cccc5[nH]4)c3n2)c1. The summed E-state index contributed by atoms with van der Waals surface area (Å²) in [5, 5.41) is 7.54. The van der Waals surface area contributed by atoms with Crippen molar-refractivity contribution in [1.82, 2.24) is 35.0 Å². The number of H-pyrrole nitrogens is 2. The highest BCUT2D eigenvalue weighted by Crippen LogP contribution is 2.33. The fourth-order valence-electron chi connectivity index (χ4n) is 5.30. The number of anilines is 1. The first-order valence-electron chi connectivity index (χ1n) is 13.3. The van der Waals surface area contributed by atoms with E-state index in [2.05, 4.69) is 25.1 Å². The minimum absolute atomic E-state index is 0.354. The normalized spacial score (nSPS) is 13.9. The molecule has 1 saturated heterocycles. The molecule has 200 valence electrons. The summed E-state index contributed by atoms with van der Waals surface area (Å²) in [6.07, 6.45) is 5.77. The predicted octanol–water partition coefficient (Wildman–Crippen LogP) is 5.43. The lowest BCUT2D eigenvalue weighted by molar-refractivity contribution is 0.237. The number of ether oxygens (including phenoxy) is 1. The van der Waals surface area contributed by atoms with Gasteiger partial charge in [0.2, 0.25) is 0 Å². The third-order valence-corrected chi connectivity index (χ3v) is 7.26. The van der Waals surface area contributed by atoms with Gasteiger partial charge in [0, 0.05) is 36.1 Å². The Hall–Kier alpha value is -4.83. The fourth-order valence-corrected chi connectivity index (χ4v) is 5.30. The molecule has 0 unspecified atom stereocenters. The lowest BCUT2D eigenvalue weighted by Crippen LogP contribution is -2.25. The number of nitrogens with zero attached hydrogens (tertiary/aromatic N) is 5. The summed E-state index contributed by atoms with van der Waals surface area (Å²) >= 11 is 0. The molecule has 1 aliphatic heterocycles. The Bertz CT molecular complexity index is 1840. The van der Waals surface area contributed by atoms with Gasteiger partial charge in [-0.25, -0.2) is 14.4 Å². The van der Waals surface area contributed by atoms with Gasteiger partial charge in [-0.1, -0.05) is 12.1 Å². The Morgan fingerprint density at radius 1 is 0.925 bits per heavy atom. The minimum Gasteiger partial charge on any atom is -0.492 e. The van der Waals surface area contributed by atoms with Crippen LogP contribution in [0, 0.1) is 5.82 Å². The number of aromatic amines is 2. The molecular formula is C30H27FN8O. The third-order valence-electron chi connectivity index (χ3n) is 7.26. The van der Waals surface area contributed by atoms with Gasteiger partial charge in [-0.3, -0.25) is 15.0 Å². The van der Waals surface area contributed by atoms with Crippen LogP contribution in [0.2, 0.25) is 0 Å². The fraction of sp³-hybridized carbons (Fsp3) is 0.200. The molecule has 0 spiro atoms. The average molecular weight is 535 g/mol. The van der Waals surface area contributed by atoms with Gasteiger partial charge in [0.15, 0.2) is 11.5 Å². The highest BCUT2D eigenvalue weighted by atomic mass is 19.1. The van der Waals surface area contributed by atoms with Gasteiger partial charge in [0.1, 0.15) is 23.7 Å². The minimum atomic E-state index is -0.354. The molecule has 6 aromatic rings. The standard InChI is InChI=1S/C30H27FN8O/c31-20-12-18(14-22(15-20)40-11-10-39-8-1-2-9-39)23-4-3-5-25-27(23)36-30(35-25)29-28-26(37-38-29)7-6-24(34-28)19-13-21(32)17-33-16-19/h3-7,12-17H,1-2,8-11,32H2,(H,35,36)(H,37,38). The second-order valence-electron chi connectivity index (χ2n) is 10.0. The summed E-state index contributed by atoms with van der Waals surface area (Å²) in [6.45, 7) is 3.56. The number of nitrogen functional groups attached to an aromatic ring is 1. The van der Waals surface area contributed by atoms with E-state index in [-0.39, 0.29) is 5.82 Å². The Morgan fingerprint density at radius 2 is 1.82 bits per heavy atom. The summed E-state index contributed by atoms with van der Waals surface area (Å²) in [4.78, 5) is 19.6. The van der Waals surface area contributed by atoms with Crippen molar-refractivity contribution in [1.29, 1.82) is 0 Å². The van der Waals surface area contributed by atoms with E-state index in [0.29, 0.717) is 46.2 Å². The molecule has 40 heavy (non-hydrogen) atoms. The van der Waals surface area contributed by atoms with E-state index in [1.54, 1.807) is 12.4 Å². The zero-order chi connectivity index (χ0) is 27.1. The molecular weight excluding hydrogens is 507 g/mol. The number of nitrogens with one attached hydrogen (secondary N) is 2. The number of para-hydroxylation sites is 1. The first kappa shape index (κ1) is 24.2. The number of benzene rings is 2. The first-order chi connectivity index (χ1) is 19.6. The van der Waals surface area contributed by atoms with Crippen LogP contribution < -0.4 is 10.5 Å². The first-order valence-corrected chi connectivity index (χ1v) is 13.3. The maximum Gasteiger partial charge on any atom is 0.161 e. The van der Waals surface area contributed by atoms with Gasteiger partial charge in [-0.2, -0.15) is 5.10 Å². The number of imidazole rings is 1. The number of fused-ring (bicyclic) bond motifs is 2. The second kappa shape index (κ2) is 10.0. The number of aromatic nitrogens is 6. The molecule has 1 aliphatic rings. The largest absolute Gasteiger partial charge is 0.492 e. The van der Waals surface area contributed by atoms with Crippen LogP contribution in [0.15, 0.2) is 67.0 Å². The second-order valence-corrected chi connectivity index (χ2v) is 10.0. The molecule has 4 aromatic heterocycles. The van der Waals surface area contributed by atoms with Crippen molar-refractivity contribution in [2.24, 2.45) is 0 Å². The van der Waals surface area contributed by atoms with E-state index in [0.717, 1.165) is 47.5 Å². The van der Waals surface area contributed by atoms with Crippen LogP contribution >= 0.6 is 0 Å². The van der Waals surface area contributed by atoms with Crippen LogP contribution in [0.4, 0.5) is 10.1 Å². The Morgan fingerprint density at radius 3 is 2.70 bits per heavy atom. The van der Waals surface area contributed by atoms with E-state index in [9.17, 15) is 4.39 Å². The molecule has 5 heterocycles. The van der Waals surface area contributed by atoms with E-state index in [1.165, 1.54) is 25.0 Å². The van der Waals surface area contributed by atoms with Crippen LogP contribution in [0.5, 0.6) is 5.75 Å². The molecule has 0 aliphatic carbocycles. The Labute approximate surface area is 229 Å². The van der Waals surface area contributed by atoms with Crippen LogP contribution in [0.25, 0.3) is 56.0 Å². The van der Waals surface area contributed by atoms with Gasteiger partial charge >= 0.3 is 0 Å². The van der Waals surface area contributed by atoms with Crippen molar-refractivity contribution in [3.8, 4) is 39.7 Å². The molecule has 7 rings (SSSR count). The van der Waals surface area contributed by atoms with Gasteiger partial charge < -0.3 is 15.5 Å². The number of likely N-dealkylation sites (tertiary alicyclic amines) is 1. The highest BCUT2D eigenvalue weighted by molar-refractivity contribution is 5.96. The van der Waals surface area contributed by atoms with Gasteiger partial charge in [0.25, 0.3) is 0 Å². The smallest absolute Gasteiger partial charge is 0.161 e. The van der Waals surface area contributed by atoms with E-state index >= 15 is 0 Å². The van der Waals surface area contributed by atoms with Crippen molar-refractivity contribution in [3.05, 3.63) is 72.8 Å². The summed E-state index contributed by atoms with van der Waals surface area (Å²) in [7, 11) is 0. The zero-order valence-corrected chi connectivity index (χ0v) is 21.7. The average Bonchev–Trinajstić information content (AvgIpc) is 3.72. The van der Waals surface area contributed by atoms with Crippen LogP contribution in [-0.4, -0.2) is 61.3 Å². The number of hydrogen-bond donors (Lipinski definition) is 3. The molecule has 1 fully saturated rings. The molecule has 0 saturated carbocycles. The van der Waals surface area contributed by atoms with E-state index in [4.69, 9.17) is 20.4 Å². The van der Waals surface area contributed by atoms with Gasteiger partial charge in [-0.15, -0.1) is 0 Å². The molecule has 0 amide bonds. The maximum atomic E-state index is 14.7. The van der Waals surface area contributed by atoms with Crippen LogP contribution in [-0.2, 0) is 0 Å². The number of halogens is 1. The van der Waals surface area contributed by atoms with E-state index < -0.39 is 0 Å². The summed E-state index contributed by atoms with van der Waals surface area (Å²) < 4.78 is 20.6. The van der Waals surface area contributed by atoms with Gasteiger partial charge in [-0.05, 0) is 67.9 Å².